The van der Waals surface area contributed by atoms with E-state index in [0.717, 1.165) is 30.0 Å². The number of aromatic nitrogens is 4. The number of hydrazone groups is 1. The average Bonchev–Trinajstić information content (AvgIpc) is 3.46. The lowest BCUT2D eigenvalue weighted by atomic mass is 10.1. The lowest BCUT2D eigenvalue weighted by Gasteiger charge is -2.06. The molecular weight excluding hydrogens is 456 g/mol. The van der Waals surface area contributed by atoms with Crippen LogP contribution in [0.5, 0.6) is 0 Å². The van der Waals surface area contributed by atoms with Crippen molar-refractivity contribution in [2.75, 3.05) is 5.75 Å². The first kappa shape index (κ1) is 22.9. The van der Waals surface area contributed by atoms with Gasteiger partial charge in [-0.05, 0) is 37.6 Å². The molecule has 1 amide bonds. The molecular formula is C27H26N6OS. The van der Waals surface area contributed by atoms with E-state index in [-0.39, 0.29) is 11.7 Å². The first-order valence-electron chi connectivity index (χ1n) is 11.6. The molecule has 2 heterocycles. The zero-order chi connectivity index (χ0) is 24.2. The number of hydrogen-bond acceptors (Lipinski definition) is 5. The lowest BCUT2D eigenvalue weighted by molar-refractivity contribution is -0.118. The minimum atomic E-state index is -0.193. The van der Waals surface area contributed by atoms with Crippen molar-refractivity contribution in [2.24, 2.45) is 5.10 Å². The maximum absolute atomic E-state index is 12.4. The predicted octanol–water partition coefficient (Wildman–Crippen LogP) is 5.34. The number of fused-ring (bicyclic) bond motifs is 3. The molecule has 0 saturated heterocycles. The molecule has 8 heteroatoms. The fraction of sp³-hybridized carbons (Fsp3) is 0.185. The number of thioether (sulfide) groups is 1. The van der Waals surface area contributed by atoms with Crippen molar-refractivity contribution in [1.29, 1.82) is 0 Å². The summed E-state index contributed by atoms with van der Waals surface area (Å²) < 4.78 is 4.32. The first-order chi connectivity index (χ1) is 17.2. The van der Waals surface area contributed by atoms with E-state index in [4.69, 9.17) is 0 Å². The Morgan fingerprint density at radius 3 is 2.46 bits per heavy atom. The largest absolute Gasteiger partial charge is 0.341 e. The van der Waals surface area contributed by atoms with Crippen molar-refractivity contribution in [3.63, 3.8) is 0 Å². The highest BCUT2D eigenvalue weighted by Gasteiger charge is 2.14. The summed E-state index contributed by atoms with van der Waals surface area (Å²) in [5.41, 5.74) is 6.98. The Labute approximate surface area is 207 Å². The second kappa shape index (κ2) is 10.1. The molecule has 0 aliphatic carbocycles. The van der Waals surface area contributed by atoms with Gasteiger partial charge in [-0.1, -0.05) is 66.4 Å². The van der Waals surface area contributed by atoms with Gasteiger partial charge in [-0.3, -0.25) is 4.79 Å². The Morgan fingerprint density at radius 2 is 1.66 bits per heavy atom. The van der Waals surface area contributed by atoms with E-state index in [2.05, 4.69) is 68.6 Å². The third-order valence-electron chi connectivity index (χ3n) is 5.91. The van der Waals surface area contributed by atoms with E-state index < -0.39 is 0 Å². The Hall–Kier alpha value is -3.91. The number of nitrogens with one attached hydrogen (secondary N) is 1. The fourth-order valence-corrected chi connectivity index (χ4v) is 5.11. The number of benzene rings is 3. The zero-order valence-electron chi connectivity index (χ0n) is 19.7. The first-order valence-corrected chi connectivity index (χ1v) is 12.6. The van der Waals surface area contributed by atoms with E-state index in [9.17, 15) is 4.79 Å². The number of hydrogen-bond donors (Lipinski definition) is 1. The number of carbonyl (C=O) groups is 1. The van der Waals surface area contributed by atoms with Crippen LogP contribution < -0.4 is 5.43 Å². The van der Waals surface area contributed by atoms with Gasteiger partial charge in [0.2, 0.25) is 0 Å². The van der Waals surface area contributed by atoms with Gasteiger partial charge in [-0.2, -0.15) is 5.10 Å². The van der Waals surface area contributed by atoms with Gasteiger partial charge in [0.1, 0.15) is 0 Å². The monoisotopic (exact) mass is 482 g/mol. The second-order valence-electron chi connectivity index (χ2n) is 8.04. The second-order valence-corrected chi connectivity index (χ2v) is 8.98. The number of amides is 1. The Kier molecular flexibility index (Phi) is 6.63. The topological polar surface area (TPSA) is 77.1 Å². The molecule has 0 radical (unpaired) electrons. The van der Waals surface area contributed by atoms with Crippen molar-refractivity contribution < 1.29 is 4.79 Å². The van der Waals surface area contributed by atoms with E-state index in [1.807, 2.05) is 47.9 Å². The van der Waals surface area contributed by atoms with Crippen LogP contribution in [0.3, 0.4) is 0 Å². The Bertz CT molecular complexity index is 1520. The third-order valence-corrected chi connectivity index (χ3v) is 6.88. The summed E-state index contributed by atoms with van der Waals surface area (Å²) in [4.78, 5) is 12.4. The molecule has 1 N–H and O–H groups in total. The SMILES string of the molecule is CCn1c(SCC(=O)N/N=C/c2ccc3c(c2)c2ccccc2n3CC)nnc1-c1ccccc1. The molecule has 0 aliphatic rings. The molecule has 0 aliphatic heterocycles. The Balaban J connectivity index is 1.25. The van der Waals surface area contributed by atoms with Crippen LogP contribution in [0.4, 0.5) is 0 Å². The highest BCUT2D eigenvalue weighted by molar-refractivity contribution is 7.99. The summed E-state index contributed by atoms with van der Waals surface area (Å²) in [5, 5.41) is 15.9. The molecule has 7 nitrogen and oxygen atoms in total. The van der Waals surface area contributed by atoms with Crippen LogP contribution in [0.2, 0.25) is 0 Å². The van der Waals surface area contributed by atoms with E-state index in [0.29, 0.717) is 5.16 Å². The smallest absolute Gasteiger partial charge is 0.250 e. The summed E-state index contributed by atoms with van der Waals surface area (Å²) in [6.45, 7) is 5.82. The lowest BCUT2D eigenvalue weighted by Crippen LogP contribution is -2.20. The maximum Gasteiger partial charge on any atom is 0.250 e. The number of rotatable bonds is 8. The number of nitrogens with zero attached hydrogens (tertiary/aromatic N) is 5. The summed E-state index contributed by atoms with van der Waals surface area (Å²) in [6, 6.07) is 24.6. The van der Waals surface area contributed by atoms with Crippen LogP contribution in [0.25, 0.3) is 33.2 Å². The van der Waals surface area contributed by atoms with E-state index in [1.165, 1.54) is 33.6 Å². The molecule has 0 atom stereocenters. The summed E-state index contributed by atoms with van der Waals surface area (Å²) in [6.07, 6.45) is 1.68. The normalized spacial score (nSPS) is 11.6. The van der Waals surface area contributed by atoms with Gasteiger partial charge in [0.25, 0.3) is 5.91 Å². The molecule has 0 bridgehead atoms. The van der Waals surface area contributed by atoms with E-state index in [1.54, 1.807) is 6.21 Å². The molecule has 176 valence electrons. The van der Waals surface area contributed by atoms with Crippen LogP contribution in [0.1, 0.15) is 19.4 Å². The molecule has 5 aromatic rings. The van der Waals surface area contributed by atoms with Gasteiger partial charge >= 0.3 is 0 Å². The molecule has 0 spiro atoms. The molecule has 35 heavy (non-hydrogen) atoms. The van der Waals surface area contributed by atoms with Gasteiger partial charge in [-0.15, -0.1) is 10.2 Å². The quantitative estimate of drug-likeness (QED) is 0.184. The fourth-order valence-electron chi connectivity index (χ4n) is 4.31. The summed E-state index contributed by atoms with van der Waals surface area (Å²) in [7, 11) is 0. The minimum Gasteiger partial charge on any atom is -0.341 e. The van der Waals surface area contributed by atoms with E-state index >= 15 is 0 Å². The van der Waals surface area contributed by atoms with Crippen molar-refractivity contribution in [3.05, 3.63) is 78.4 Å². The molecule has 5 rings (SSSR count). The van der Waals surface area contributed by atoms with Crippen LogP contribution in [-0.2, 0) is 17.9 Å². The van der Waals surface area contributed by atoms with Crippen molar-refractivity contribution in [1.82, 2.24) is 24.8 Å². The highest BCUT2D eigenvalue weighted by Crippen LogP contribution is 2.29. The van der Waals surface area contributed by atoms with Crippen molar-refractivity contribution in [2.45, 2.75) is 32.1 Å². The molecule has 3 aromatic carbocycles. The highest BCUT2D eigenvalue weighted by atomic mass is 32.2. The molecule has 0 unspecified atom stereocenters. The predicted molar refractivity (Wildman–Crippen MR) is 143 cm³/mol. The van der Waals surface area contributed by atoms with Gasteiger partial charge < -0.3 is 9.13 Å². The van der Waals surface area contributed by atoms with Gasteiger partial charge in [-0.25, -0.2) is 5.43 Å². The summed E-state index contributed by atoms with van der Waals surface area (Å²) in [5.74, 6) is 0.809. The zero-order valence-corrected chi connectivity index (χ0v) is 20.5. The molecule has 0 saturated carbocycles. The molecule has 0 fully saturated rings. The number of aryl methyl sites for hydroxylation is 1. The number of carbonyl (C=O) groups excluding carboxylic acids is 1. The van der Waals surface area contributed by atoms with Gasteiger partial charge in [0, 0.05) is 40.5 Å². The Morgan fingerprint density at radius 1 is 0.914 bits per heavy atom. The van der Waals surface area contributed by atoms with Crippen LogP contribution in [-0.4, -0.2) is 37.2 Å². The third kappa shape index (κ3) is 4.57. The number of para-hydroxylation sites is 1. The van der Waals surface area contributed by atoms with Crippen LogP contribution in [0.15, 0.2) is 83.1 Å². The minimum absolute atomic E-state index is 0.193. The maximum atomic E-state index is 12.4. The average molecular weight is 483 g/mol. The molecule has 2 aromatic heterocycles. The van der Waals surface area contributed by atoms with Crippen LogP contribution >= 0.6 is 11.8 Å². The van der Waals surface area contributed by atoms with Gasteiger partial charge in [0.05, 0.1) is 12.0 Å². The van der Waals surface area contributed by atoms with Crippen molar-refractivity contribution >= 4 is 45.7 Å². The van der Waals surface area contributed by atoms with Crippen molar-refractivity contribution in [3.8, 4) is 11.4 Å². The summed E-state index contributed by atoms with van der Waals surface area (Å²) >= 11 is 1.35. The standard InChI is InChI=1S/C27H26N6OS/c1-3-32-23-13-9-8-12-21(23)22-16-19(14-15-24(22)32)17-28-29-25(34)18-35-27-31-30-26(33(27)4-2)20-10-6-5-7-11-20/h5-17H,3-4,18H2,1-2H3,(H,29,34)/b28-17+. The van der Waals surface area contributed by atoms with Crippen LogP contribution in [0, 0.1) is 0 Å². The van der Waals surface area contributed by atoms with Gasteiger partial charge in [0.15, 0.2) is 11.0 Å².